The Hall–Kier alpha value is -1.42. The zero-order chi connectivity index (χ0) is 15.1. The quantitative estimate of drug-likeness (QED) is 0.894. The smallest absolute Gasteiger partial charge is 0.162 e. The summed E-state index contributed by atoms with van der Waals surface area (Å²) >= 11 is 0. The Morgan fingerprint density at radius 1 is 1.20 bits per heavy atom. The van der Waals surface area contributed by atoms with Crippen molar-refractivity contribution in [1.29, 1.82) is 0 Å². The summed E-state index contributed by atoms with van der Waals surface area (Å²) in [6.45, 7) is 6.10. The molecule has 118 valence electrons. The molecule has 0 amide bonds. The molecule has 0 spiro atoms. The molecule has 0 radical (unpaired) electrons. The summed E-state index contributed by atoms with van der Waals surface area (Å²) in [6.07, 6.45) is 1.16. The summed E-state index contributed by atoms with van der Waals surface area (Å²) in [4.78, 5) is 2.22. The van der Waals surface area contributed by atoms with Crippen molar-refractivity contribution in [3.63, 3.8) is 0 Å². The molecular formula is C16H32N2O2. The molecule has 20 heavy (non-hydrogen) atoms. The van der Waals surface area contributed by atoms with Gasteiger partial charge in [-0.05, 0) is 38.7 Å². The number of hydrogen-bond donors (Lipinski definition) is 1. The molecular weight excluding hydrogens is 252 g/mol. The second kappa shape index (κ2) is 8.00. The van der Waals surface area contributed by atoms with E-state index in [2.05, 4.69) is 30.4 Å². The lowest BCUT2D eigenvalue weighted by molar-refractivity contribution is 0.354. The lowest BCUT2D eigenvalue weighted by atomic mass is 9.97. The van der Waals surface area contributed by atoms with E-state index in [4.69, 9.17) is 9.47 Å². The van der Waals surface area contributed by atoms with E-state index in [-0.39, 0.29) is 2.85 Å². The zero-order valence-electron chi connectivity index (χ0n) is 13.6. The minimum atomic E-state index is 0. The van der Waals surface area contributed by atoms with Crippen LogP contribution in [0, 0.1) is 0 Å². The highest BCUT2D eigenvalue weighted by Gasteiger charge is 2.24. The fourth-order valence-corrected chi connectivity index (χ4v) is 2.40. The fourth-order valence-electron chi connectivity index (χ4n) is 2.40. The van der Waals surface area contributed by atoms with E-state index in [0.29, 0.717) is 5.92 Å². The molecule has 0 fully saturated rings. The molecule has 1 aromatic rings. The number of methoxy groups -OCH3 is 2. The van der Waals surface area contributed by atoms with Crippen molar-refractivity contribution < 1.29 is 12.3 Å². The van der Waals surface area contributed by atoms with Gasteiger partial charge in [0.25, 0.3) is 0 Å². The maximum absolute atomic E-state index is 5.37. The first-order valence-electron chi connectivity index (χ1n) is 7.30. The number of hydrogen-bond acceptors (Lipinski definition) is 4. The predicted octanol–water partition coefficient (Wildman–Crippen LogP) is 3.68. The van der Waals surface area contributed by atoms with Crippen LogP contribution in [0.25, 0.3) is 0 Å². The molecule has 0 saturated carbocycles. The van der Waals surface area contributed by atoms with E-state index in [9.17, 15) is 0 Å². The number of nitrogens with zero attached hydrogens (tertiary/aromatic N) is 1. The number of nitrogens with one attached hydrogen (secondary N) is 1. The number of anilines is 1. The summed E-state index contributed by atoms with van der Waals surface area (Å²) in [5.74, 6) is 2.16. The second-order valence-corrected chi connectivity index (χ2v) is 4.96. The van der Waals surface area contributed by atoms with Crippen LogP contribution in [-0.2, 0) is 0 Å². The third-order valence-electron chi connectivity index (χ3n) is 3.46. The minimum Gasteiger partial charge on any atom is -0.493 e. The van der Waals surface area contributed by atoms with Crippen molar-refractivity contribution in [2.75, 3.05) is 46.7 Å². The Kier molecular flexibility index (Phi) is 6.65. The molecule has 0 aliphatic carbocycles. The van der Waals surface area contributed by atoms with Crippen LogP contribution in [0.2, 0.25) is 0 Å². The van der Waals surface area contributed by atoms with E-state index < -0.39 is 0 Å². The van der Waals surface area contributed by atoms with Gasteiger partial charge in [-0.2, -0.15) is 0 Å². The van der Waals surface area contributed by atoms with E-state index in [1.807, 2.05) is 19.9 Å². The Morgan fingerprint density at radius 2 is 1.80 bits per heavy atom. The van der Waals surface area contributed by atoms with Crippen molar-refractivity contribution in [3.05, 3.63) is 17.7 Å². The number of benzene rings is 1. The topological polar surface area (TPSA) is 33.7 Å². The van der Waals surface area contributed by atoms with Crippen LogP contribution >= 0.6 is 0 Å². The summed E-state index contributed by atoms with van der Waals surface area (Å²) < 4.78 is 10.7. The van der Waals surface area contributed by atoms with Crippen LogP contribution in [0.15, 0.2) is 12.1 Å². The normalized spacial score (nSPS) is 16.1. The lowest BCUT2D eigenvalue weighted by Gasteiger charge is -2.15. The van der Waals surface area contributed by atoms with E-state index in [1.54, 1.807) is 14.2 Å². The van der Waals surface area contributed by atoms with Crippen LogP contribution in [0.1, 0.15) is 34.6 Å². The zero-order valence-corrected chi connectivity index (χ0v) is 13.6. The summed E-state index contributed by atoms with van der Waals surface area (Å²) in [7, 11) is 7.57. The highest BCUT2D eigenvalue weighted by Crippen LogP contribution is 2.41. The van der Waals surface area contributed by atoms with Crippen molar-refractivity contribution in [2.24, 2.45) is 0 Å². The van der Waals surface area contributed by atoms with Gasteiger partial charge < -0.3 is 19.7 Å². The van der Waals surface area contributed by atoms with Crippen LogP contribution in [0.3, 0.4) is 0 Å². The molecule has 4 nitrogen and oxygen atoms in total. The SMILES string of the molecule is CC.COc1cc2c(cc1OC)C(CCN(C)C)CN2.[HH].[HH]. The van der Waals surface area contributed by atoms with Gasteiger partial charge >= 0.3 is 0 Å². The number of fused-ring (bicyclic) bond motifs is 1. The third-order valence-corrected chi connectivity index (χ3v) is 3.46. The minimum absolute atomic E-state index is 0. The van der Waals surface area contributed by atoms with Gasteiger partial charge in [-0.15, -0.1) is 0 Å². The van der Waals surface area contributed by atoms with Crippen LogP contribution in [0.5, 0.6) is 11.5 Å². The molecule has 0 saturated heterocycles. The Bertz CT molecular complexity index is 429. The monoisotopic (exact) mass is 284 g/mol. The first-order valence-corrected chi connectivity index (χ1v) is 7.30. The number of rotatable bonds is 5. The van der Waals surface area contributed by atoms with Gasteiger partial charge in [-0.3, -0.25) is 0 Å². The van der Waals surface area contributed by atoms with E-state index >= 15 is 0 Å². The highest BCUT2D eigenvalue weighted by molar-refractivity contribution is 5.65. The molecule has 1 N–H and O–H groups in total. The summed E-state index contributed by atoms with van der Waals surface area (Å²) in [6, 6.07) is 4.14. The third kappa shape index (κ3) is 3.79. The van der Waals surface area contributed by atoms with Gasteiger partial charge in [-0.25, -0.2) is 0 Å². The standard InChI is InChI=1S/C14H22N2O2.C2H6.2H2/c1-16(2)6-5-10-9-15-12-8-14(18-4)13(17-3)7-11(10)12;1-2;;/h7-8,10,15H,5-6,9H2,1-4H3;1-2H3;2*1H. The average Bonchev–Trinajstić information content (AvgIpc) is 2.87. The molecule has 1 aliphatic rings. The first-order chi connectivity index (χ1) is 9.65. The highest BCUT2D eigenvalue weighted by atomic mass is 16.5. The second-order valence-electron chi connectivity index (χ2n) is 4.96. The molecule has 1 aromatic carbocycles. The van der Waals surface area contributed by atoms with E-state index in [0.717, 1.165) is 31.0 Å². The molecule has 2 rings (SSSR count). The predicted molar refractivity (Wildman–Crippen MR) is 89.5 cm³/mol. The maximum Gasteiger partial charge on any atom is 0.162 e. The lowest BCUT2D eigenvalue weighted by Crippen LogP contribution is -2.16. The van der Waals surface area contributed by atoms with Crippen LogP contribution in [0.4, 0.5) is 5.69 Å². The van der Waals surface area contributed by atoms with E-state index in [1.165, 1.54) is 11.3 Å². The van der Waals surface area contributed by atoms with Crippen LogP contribution in [-0.4, -0.2) is 46.3 Å². The summed E-state index contributed by atoms with van der Waals surface area (Å²) in [5.41, 5.74) is 2.52. The Labute approximate surface area is 126 Å². The van der Waals surface area contributed by atoms with Crippen molar-refractivity contribution >= 4 is 5.69 Å². The van der Waals surface area contributed by atoms with Crippen molar-refractivity contribution in [1.82, 2.24) is 4.90 Å². The molecule has 1 aliphatic heterocycles. The molecule has 0 aromatic heterocycles. The molecule has 1 unspecified atom stereocenters. The largest absolute Gasteiger partial charge is 0.493 e. The number of ether oxygens (including phenoxy) is 2. The maximum atomic E-state index is 5.37. The Balaban J connectivity index is 0. The Morgan fingerprint density at radius 3 is 2.35 bits per heavy atom. The van der Waals surface area contributed by atoms with Gasteiger partial charge in [0.1, 0.15) is 0 Å². The molecule has 1 heterocycles. The fraction of sp³-hybridized carbons (Fsp3) is 0.625. The molecule has 4 heteroatoms. The summed E-state index contributed by atoms with van der Waals surface area (Å²) in [5, 5.41) is 3.45. The molecule has 1 atom stereocenters. The first kappa shape index (κ1) is 16.6. The average molecular weight is 284 g/mol. The molecule has 0 bridgehead atoms. The van der Waals surface area contributed by atoms with Crippen LogP contribution < -0.4 is 14.8 Å². The van der Waals surface area contributed by atoms with Crippen molar-refractivity contribution in [2.45, 2.75) is 26.2 Å². The van der Waals surface area contributed by atoms with Gasteiger partial charge in [0.2, 0.25) is 0 Å². The van der Waals surface area contributed by atoms with Crippen molar-refractivity contribution in [3.8, 4) is 11.5 Å². The van der Waals surface area contributed by atoms with Gasteiger partial charge in [-0.1, -0.05) is 13.8 Å². The van der Waals surface area contributed by atoms with Gasteiger partial charge in [0, 0.05) is 27.1 Å². The van der Waals surface area contributed by atoms with Gasteiger partial charge in [0.15, 0.2) is 11.5 Å². The van der Waals surface area contributed by atoms with Gasteiger partial charge in [0.05, 0.1) is 14.2 Å².